The first kappa shape index (κ1) is 24.8. The van der Waals surface area contributed by atoms with Crippen LogP contribution >= 0.6 is 15.9 Å². The zero-order valence-corrected chi connectivity index (χ0v) is 22.1. The van der Waals surface area contributed by atoms with Crippen LogP contribution in [0.3, 0.4) is 0 Å². The number of carbonyl (C=O) groups excluding carboxylic acids is 2. The number of halogens is 1. The van der Waals surface area contributed by atoms with Gasteiger partial charge in [-0.1, -0.05) is 13.8 Å². The molecule has 2 heterocycles. The van der Waals surface area contributed by atoms with Crippen molar-refractivity contribution in [2.75, 3.05) is 40.0 Å². The number of ketones is 1. The van der Waals surface area contributed by atoms with Gasteiger partial charge in [0.25, 0.3) is 5.91 Å². The van der Waals surface area contributed by atoms with Crippen LogP contribution in [-0.4, -0.2) is 56.6 Å². The number of methoxy groups -OCH3 is 1. The van der Waals surface area contributed by atoms with E-state index >= 15 is 0 Å². The van der Waals surface area contributed by atoms with Crippen molar-refractivity contribution in [1.29, 1.82) is 0 Å². The van der Waals surface area contributed by atoms with E-state index in [1.165, 1.54) is 0 Å². The van der Waals surface area contributed by atoms with Crippen molar-refractivity contribution < 1.29 is 23.8 Å². The molecule has 1 atom stereocenters. The Morgan fingerprint density at radius 1 is 1.26 bits per heavy atom. The molecule has 1 aromatic rings. The molecule has 0 radical (unpaired) electrons. The third-order valence-electron chi connectivity index (χ3n) is 6.64. The number of carbonyl (C=O) groups is 2. The molecule has 3 aliphatic rings. The predicted molar refractivity (Wildman–Crippen MR) is 133 cm³/mol. The summed E-state index contributed by atoms with van der Waals surface area (Å²) in [4.78, 5) is 29.2. The van der Waals surface area contributed by atoms with Crippen LogP contribution < -0.4 is 14.8 Å². The van der Waals surface area contributed by atoms with Gasteiger partial charge in [-0.3, -0.25) is 9.59 Å². The fourth-order valence-corrected chi connectivity index (χ4v) is 5.75. The van der Waals surface area contributed by atoms with Crippen molar-refractivity contribution >= 4 is 27.6 Å². The highest BCUT2D eigenvalue weighted by atomic mass is 79.9. The lowest BCUT2D eigenvalue weighted by atomic mass is 9.68. The van der Waals surface area contributed by atoms with Gasteiger partial charge in [-0.05, 0) is 59.3 Å². The van der Waals surface area contributed by atoms with E-state index < -0.39 is 5.92 Å². The Bertz CT molecular complexity index is 1070. The van der Waals surface area contributed by atoms with Crippen molar-refractivity contribution in [3.05, 3.63) is 44.7 Å². The second-order valence-electron chi connectivity index (χ2n) is 9.80. The normalized spacial score (nSPS) is 22.4. The molecule has 34 heavy (non-hydrogen) atoms. The second kappa shape index (κ2) is 9.74. The number of rotatable bonds is 5. The zero-order chi connectivity index (χ0) is 24.6. The number of nitrogens with zero attached hydrogens (tertiary/aromatic N) is 1. The summed E-state index contributed by atoms with van der Waals surface area (Å²) in [6.45, 7) is 10.6. The molecule has 8 heteroatoms. The van der Waals surface area contributed by atoms with E-state index in [4.69, 9.17) is 14.2 Å². The number of hydrogen-bond acceptors (Lipinski definition) is 6. The fraction of sp³-hybridized carbons (Fsp3) is 0.538. The lowest BCUT2D eigenvalue weighted by Crippen LogP contribution is -2.45. The number of benzene rings is 1. The van der Waals surface area contributed by atoms with Crippen LogP contribution in [0.25, 0.3) is 0 Å². The molecule has 0 bridgehead atoms. The Morgan fingerprint density at radius 2 is 1.97 bits per heavy atom. The number of morpholine rings is 1. The first-order chi connectivity index (χ1) is 16.2. The smallest absolute Gasteiger partial charge is 0.252 e. The van der Waals surface area contributed by atoms with Crippen LogP contribution in [0.4, 0.5) is 0 Å². The van der Waals surface area contributed by atoms with E-state index in [9.17, 15) is 9.59 Å². The first-order valence-corrected chi connectivity index (χ1v) is 12.6. The van der Waals surface area contributed by atoms with Crippen LogP contribution in [-0.2, 0) is 14.3 Å². The number of nitrogens with one attached hydrogen (secondary N) is 1. The lowest BCUT2D eigenvalue weighted by molar-refractivity contribution is -0.131. The van der Waals surface area contributed by atoms with Crippen LogP contribution in [0.1, 0.15) is 52.0 Å². The van der Waals surface area contributed by atoms with Gasteiger partial charge in [0.1, 0.15) is 0 Å². The number of dihydropyridines is 1. The second-order valence-corrected chi connectivity index (χ2v) is 10.7. The maximum Gasteiger partial charge on any atom is 0.252 e. The number of ether oxygens (including phenoxy) is 3. The average Bonchev–Trinajstić information content (AvgIpc) is 2.78. The largest absolute Gasteiger partial charge is 0.493 e. The first-order valence-electron chi connectivity index (χ1n) is 11.8. The van der Waals surface area contributed by atoms with E-state index in [1.807, 2.05) is 30.9 Å². The standard InChI is InChI=1S/C26H33BrN2O5/c1-6-34-24-17(27)11-16(12-20(24)32-5)22-21(25(31)29-7-9-33-10-8-29)15(2)28-18-13-26(3,4)14-19(30)23(18)22/h11-12,22,28H,6-10,13-14H2,1-5H3/t22-/m1/s1. The lowest BCUT2D eigenvalue weighted by Gasteiger charge is -2.41. The summed E-state index contributed by atoms with van der Waals surface area (Å²) in [6.07, 6.45) is 1.19. The third-order valence-corrected chi connectivity index (χ3v) is 7.23. The van der Waals surface area contributed by atoms with Gasteiger partial charge in [-0.25, -0.2) is 0 Å². The highest BCUT2D eigenvalue weighted by molar-refractivity contribution is 9.10. The summed E-state index contributed by atoms with van der Waals surface area (Å²) in [6, 6.07) is 3.84. The van der Waals surface area contributed by atoms with Gasteiger partial charge in [0, 0.05) is 48.0 Å². The van der Waals surface area contributed by atoms with Crippen LogP contribution in [0.5, 0.6) is 11.5 Å². The van der Waals surface area contributed by atoms with E-state index in [0.29, 0.717) is 62.0 Å². The van der Waals surface area contributed by atoms with Gasteiger partial charge in [0.15, 0.2) is 17.3 Å². The summed E-state index contributed by atoms with van der Waals surface area (Å²) in [5.74, 6) is 0.691. The topological polar surface area (TPSA) is 77.1 Å². The minimum absolute atomic E-state index is 0.0635. The van der Waals surface area contributed by atoms with Gasteiger partial charge < -0.3 is 24.4 Å². The molecular formula is C26H33BrN2O5. The van der Waals surface area contributed by atoms with Gasteiger partial charge in [0.05, 0.1) is 31.4 Å². The molecule has 1 saturated heterocycles. The summed E-state index contributed by atoms with van der Waals surface area (Å²) in [7, 11) is 1.59. The molecule has 0 unspecified atom stereocenters. The summed E-state index contributed by atoms with van der Waals surface area (Å²) in [5.41, 5.74) is 3.66. The average molecular weight is 533 g/mol. The highest BCUT2D eigenvalue weighted by Gasteiger charge is 2.44. The minimum atomic E-state index is -0.490. The van der Waals surface area contributed by atoms with E-state index in [-0.39, 0.29) is 17.1 Å². The van der Waals surface area contributed by atoms with Crippen molar-refractivity contribution in [2.45, 2.75) is 46.5 Å². The monoisotopic (exact) mass is 532 g/mol. The molecule has 0 saturated carbocycles. The summed E-state index contributed by atoms with van der Waals surface area (Å²) < 4.78 is 17.6. The summed E-state index contributed by atoms with van der Waals surface area (Å²) >= 11 is 3.63. The highest BCUT2D eigenvalue weighted by Crippen LogP contribution is 2.49. The minimum Gasteiger partial charge on any atom is -0.493 e. The molecule has 1 aromatic carbocycles. The molecular weight excluding hydrogens is 500 g/mol. The molecule has 1 N–H and O–H groups in total. The van der Waals surface area contributed by atoms with Crippen molar-refractivity contribution in [3.63, 3.8) is 0 Å². The quantitative estimate of drug-likeness (QED) is 0.608. The van der Waals surface area contributed by atoms with Crippen molar-refractivity contribution in [3.8, 4) is 11.5 Å². The van der Waals surface area contributed by atoms with Gasteiger partial charge in [-0.15, -0.1) is 0 Å². The van der Waals surface area contributed by atoms with E-state index in [1.54, 1.807) is 7.11 Å². The SMILES string of the molecule is CCOc1c(Br)cc([C@@H]2C(C(=O)N3CCOCC3)=C(C)NC3=C2C(=O)CC(C)(C)C3)cc1OC. The molecule has 2 aliphatic heterocycles. The Morgan fingerprint density at radius 3 is 2.62 bits per heavy atom. The van der Waals surface area contributed by atoms with Crippen LogP contribution in [0, 0.1) is 5.41 Å². The molecule has 184 valence electrons. The number of hydrogen-bond donors (Lipinski definition) is 1. The Balaban J connectivity index is 1.88. The maximum absolute atomic E-state index is 13.8. The molecule has 7 nitrogen and oxygen atoms in total. The van der Waals surface area contributed by atoms with Gasteiger partial charge in [0.2, 0.25) is 0 Å². The molecule has 4 rings (SSSR count). The third kappa shape index (κ3) is 4.62. The number of Topliss-reactive ketones (excluding diaryl/α,β-unsaturated/α-hetero) is 1. The number of amides is 1. The number of allylic oxidation sites excluding steroid dienone is 3. The molecule has 1 fully saturated rings. The Kier molecular flexibility index (Phi) is 7.10. The fourth-order valence-electron chi connectivity index (χ4n) is 5.18. The molecule has 1 aliphatic carbocycles. The molecule has 1 amide bonds. The summed E-state index contributed by atoms with van der Waals surface area (Å²) in [5, 5.41) is 3.44. The Hall–Kier alpha value is -2.32. The van der Waals surface area contributed by atoms with Crippen molar-refractivity contribution in [1.82, 2.24) is 10.2 Å². The molecule has 0 aromatic heterocycles. The molecule has 0 spiro atoms. The van der Waals surface area contributed by atoms with Crippen molar-refractivity contribution in [2.24, 2.45) is 5.41 Å². The van der Waals surface area contributed by atoms with E-state index in [0.717, 1.165) is 27.9 Å². The van der Waals surface area contributed by atoms with Gasteiger partial charge >= 0.3 is 0 Å². The Labute approximate surface area is 209 Å². The van der Waals surface area contributed by atoms with Gasteiger partial charge in [-0.2, -0.15) is 0 Å². The zero-order valence-electron chi connectivity index (χ0n) is 20.5. The van der Waals surface area contributed by atoms with Crippen LogP contribution in [0.2, 0.25) is 0 Å². The maximum atomic E-state index is 13.8. The predicted octanol–water partition coefficient (Wildman–Crippen LogP) is 4.32. The van der Waals surface area contributed by atoms with E-state index in [2.05, 4.69) is 35.1 Å². The van der Waals surface area contributed by atoms with Crippen LogP contribution in [0.15, 0.2) is 39.1 Å².